The molecule has 0 bridgehead atoms. The summed E-state index contributed by atoms with van der Waals surface area (Å²) in [5.74, 6) is -0.505. The second-order valence-corrected chi connectivity index (χ2v) is 7.10. The van der Waals surface area contributed by atoms with Crippen molar-refractivity contribution in [2.75, 3.05) is 31.2 Å². The number of benzene rings is 2. The summed E-state index contributed by atoms with van der Waals surface area (Å²) in [6.07, 6.45) is 2.06. The molecular weight excluding hydrogens is 360 g/mol. The number of carbonyl (C=O) groups excluding carboxylic acids is 1. The summed E-state index contributed by atoms with van der Waals surface area (Å²) in [4.78, 5) is 25.7. The van der Waals surface area contributed by atoms with Gasteiger partial charge in [0.05, 0.1) is 29.4 Å². The number of nitro benzene ring substituents is 1. The molecule has 1 saturated heterocycles. The molecule has 1 heterocycles. The standard InChI is InChI=1S/C21H22N2O5/c24-21(28-18-7-5-15-3-1-2-4-16(15)13-18)19-14-17(23(25)26)6-8-20(19)22-9-11-27-12-10-22/h1-4,6,8,14,18H,5,7,9-13H2. The van der Waals surface area contributed by atoms with Crippen LogP contribution in [0, 0.1) is 10.1 Å². The Morgan fingerprint density at radius 1 is 1.14 bits per heavy atom. The van der Waals surface area contributed by atoms with Gasteiger partial charge in [-0.3, -0.25) is 10.1 Å². The van der Waals surface area contributed by atoms with Gasteiger partial charge in [-0.05, 0) is 30.0 Å². The molecule has 7 nitrogen and oxygen atoms in total. The SMILES string of the molecule is O=C(OC1CCc2ccccc2C1)c1cc([N+](=O)[O-])ccc1N1CCOCC1. The van der Waals surface area contributed by atoms with E-state index in [2.05, 4.69) is 12.1 Å². The van der Waals surface area contributed by atoms with Crippen molar-refractivity contribution >= 4 is 17.3 Å². The van der Waals surface area contributed by atoms with Gasteiger partial charge in [-0.15, -0.1) is 0 Å². The third-order valence-corrected chi connectivity index (χ3v) is 5.34. The lowest BCUT2D eigenvalue weighted by Crippen LogP contribution is -2.37. The van der Waals surface area contributed by atoms with Crippen molar-refractivity contribution in [2.45, 2.75) is 25.4 Å². The summed E-state index contributed by atoms with van der Waals surface area (Å²) >= 11 is 0. The third-order valence-electron chi connectivity index (χ3n) is 5.34. The summed E-state index contributed by atoms with van der Waals surface area (Å²) < 4.78 is 11.2. The molecule has 0 N–H and O–H groups in total. The normalized spacial score (nSPS) is 19.0. The molecule has 0 saturated carbocycles. The maximum atomic E-state index is 13.0. The fraction of sp³-hybridized carbons (Fsp3) is 0.381. The molecule has 0 spiro atoms. The number of anilines is 1. The zero-order valence-corrected chi connectivity index (χ0v) is 15.5. The minimum absolute atomic E-state index is 0.113. The number of nitrogens with zero attached hydrogens (tertiary/aromatic N) is 2. The average molecular weight is 382 g/mol. The summed E-state index contributed by atoms with van der Waals surface area (Å²) in [5, 5.41) is 11.2. The first-order chi connectivity index (χ1) is 13.6. The lowest BCUT2D eigenvalue weighted by molar-refractivity contribution is -0.384. The number of morpholine rings is 1. The Bertz CT molecular complexity index is 892. The molecule has 1 fully saturated rings. The van der Waals surface area contributed by atoms with Crippen LogP contribution in [0.1, 0.15) is 27.9 Å². The fourth-order valence-electron chi connectivity index (χ4n) is 3.86. The average Bonchev–Trinajstić information content (AvgIpc) is 2.73. The van der Waals surface area contributed by atoms with Gasteiger partial charge in [-0.25, -0.2) is 4.79 Å². The number of nitro groups is 1. The zero-order valence-electron chi connectivity index (χ0n) is 15.5. The van der Waals surface area contributed by atoms with E-state index in [1.807, 2.05) is 17.0 Å². The van der Waals surface area contributed by atoms with Gasteiger partial charge in [0.1, 0.15) is 6.10 Å². The first-order valence-corrected chi connectivity index (χ1v) is 9.51. The molecule has 0 amide bonds. The van der Waals surface area contributed by atoms with Crippen LogP contribution >= 0.6 is 0 Å². The van der Waals surface area contributed by atoms with E-state index in [-0.39, 0.29) is 17.4 Å². The molecule has 1 aliphatic carbocycles. The third kappa shape index (κ3) is 3.84. The van der Waals surface area contributed by atoms with Crippen molar-refractivity contribution in [3.8, 4) is 0 Å². The number of aryl methyl sites for hydroxylation is 1. The minimum atomic E-state index is -0.505. The van der Waals surface area contributed by atoms with Gasteiger partial charge < -0.3 is 14.4 Å². The van der Waals surface area contributed by atoms with Crippen LogP contribution in [-0.2, 0) is 22.3 Å². The molecule has 28 heavy (non-hydrogen) atoms. The number of rotatable bonds is 4. The highest BCUT2D eigenvalue weighted by atomic mass is 16.6. The van der Waals surface area contributed by atoms with Crippen LogP contribution in [0.3, 0.4) is 0 Å². The van der Waals surface area contributed by atoms with E-state index in [1.54, 1.807) is 6.07 Å². The van der Waals surface area contributed by atoms with E-state index in [0.29, 0.717) is 38.4 Å². The number of non-ortho nitro benzene ring substituents is 1. The van der Waals surface area contributed by atoms with Crippen LogP contribution in [0.25, 0.3) is 0 Å². The highest BCUT2D eigenvalue weighted by Gasteiger charge is 2.27. The van der Waals surface area contributed by atoms with E-state index < -0.39 is 10.9 Å². The second-order valence-electron chi connectivity index (χ2n) is 7.10. The molecule has 1 aliphatic heterocycles. The summed E-state index contributed by atoms with van der Waals surface area (Å²) in [7, 11) is 0. The van der Waals surface area contributed by atoms with Crippen LogP contribution in [0.15, 0.2) is 42.5 Å². The monoisotopic (exact) mass is 382 g/mol. The number of hydrogen-bond donors (Lipinski definition) is 0. The Labute approximate surface area is 163 Å². The second kappa shape index (κ2) is 7.98. The van der Waals surface area contributed by atoms with Gasteiger partial charge in [0.15, 0.2) is 0 Å². The number of fused-ring (bicyclic) bond motifs is 1. The first-order valence-electron chi connectivity index (χ1n) is 9.51. The van der Waals surface area contributed by atoms with Gasteiger partial charge in [-0.2, -0.15) is 0 Å². The molecule has 2 aliphatic rings. The Hall–Kier alpha value is -2.93. The molecule has 2 aromatic carbocycles. The largest absolute Gasteiger partial charge is 0.458 e. The Morgan fingerprint density at radius 2 is 1.89 bits per heavy atom. The van der Waals surface area contributed by atoms with Crippen LogP contribution in [0.4, 0.5) is 11.4 Å². The van der Waals surface area contributed by atoms with Crippen molar-refractivity contribution in [3.05, 3.63) is 69.3 Å². The lowest BCUT2D eigenvalue weighted by Gasteiger charge is -2.30. The van der Waals surface area contributed by atoms with E-state index in [1.165, 1.54) is 23.3 Å². The Morgan fingerprint density at radius 3 is 2.64 bits per heavy atom. The molecule has 0 radical (unpaired) electrons. The molecule has 2 aromatic rings. The van der Waals surface area contributed by atoms with Crippen molar-refractivity contribution in [1.82, 2.24) is 0 Å². The van der Waals surface area contributed by atoms with Gasteiger partial charge >= 0.3 is 5.97 Å². The number of carbonyl (C=O) groups is 1. The van der Waals surface area contributed by atoms with Gasteiger partial charge in [0, 0.05) is 31.6 Å². The van der Waals surface area contributed by atoms with E-state index in [9.17, 15) is 14.9 Å². The molecule has 146 valence electrons. The fourth-order valence-corrected chi connectivity index (χ4v) is 3.86. The summed E-state index contributed by atoms with van der Waals surface area (Å²) in [6.45, 7) is 2.39. The molecule has 1 atom stereocenters. The maximum absolute atomic E-state index is 13.0. The molecular formula is C21H22N2O5. The first kappa shape index (κ1) is 18.4. The molecule has 7 heteroatoms. The van der Waals surface area contributed by atoms with Gasteiger partial charge in [0.25, 0.3) is 5.69 Å². The van der Waals surface area contributed by atoms with Crippen molar-refractivity contribution < 1.29 is 19.2 Å². The number of esters is 1. The summed E-state index contributed by atoms with van der Waals surface area (Å²) in [6, 6.07) is 12.5. The summed E-state index contributed by atoms with van der Waals surface area (Å²) in [5.41, 5.74) is 3.28. The maximum Gasteiger partial charge on any atom is 0.340 e. The smallest absolute Gasteiger partial charge is 0.340 e. The highest BCUT2D eigenvalue weighted by molar-refractivity contribution is 5.97. The van der Waals surface area contributed by atoms with Crippen LogP contribution in [0.2, 0.25) is 0 Å². The van der Waals surface area contributed by atoms with Gasteiger partial charge in [-0.1, -0.05) is 24.3 Å². The Kier molecular flexibility index (Phi) is 5.25. The molecule has 4 rings (SSSR count). The quantitative estimate of drug-likeness (QED) is 0.459. The Balaban J connectivity index is 1.57. The lowest BCUT2D eigenvalue weighted by atomic mass is 9.90. The molecule has 1 unspecified atom stereocenters. The number of hydrogen-bond acceptors (Lipinski definition) is 6. The number of ether oxygens (including phenoxy) is 2. The van der Waals surface area contributed by atoms with Crippen LogP contribution in [0.5, 0.6) is 0 Å². The van der Waals surface area contributed by atoms with Crippen molar-refractivity contribution in [2.24, 2.45) is 0 Å². The van der Waals surface area contributed by atoms with E-state index >= 15 is 0 Å². The zero-order chi connectivity index (χ0) is 19.5. The minimum Gasteiger partial charge on any atom is -0.458 e. The highest BCUT2D eigenvalue weighted by Crippen LogP contribution is 2.29. The van der Waals surface area contributed by atoms with Crippen molar-refractivity contribution in [3.63, 3.8) is 0 Å². The van der Waals surface area contributed by atoms with Gasteiger partial charge in [0.2, 0.25) is 0 Å². The predicted octanol–water partition coefficient (Wildman–Crippen LogP) is 3.15. The topological polar surface area (TPSA) is 81.9 Å². The van der Waals surface area contributed by atoms with Crippen LogP contribution in [-0.4, -0.2) is 43.3 Å². The van der Waals surface area contributed by atoms with Crippen molar-refractivity contribution in [1.29, 1.82) is 0 Å². The van der Waals surface area contributed by atoms with E-state index in [0.717, 1.165) is 12.8 Å². The van der Waals surface area contributed by atoms with Crippen LogP contribution < -0.4 is 4.90 Å². The molecule has 0 aromatic heterocycles. The van der Waals surface area contributed by atoms with E-state index in [4.69, 9.17) is 9.47 Å². The predicted molar refractivity (Wildman–Crippen MR) is 104 cm³/mol.